The molecule has 0 bridgehead atoms. The Kier molecular flexibility index (Phi) is 4.89. The van der Waals surface area contributed by atoms with Crippen LogP contribution in [-0.2, 0) is 0 Å². The molecule has 0 fully saturated rings. The number of halogens is 1. The molecule has 0 aliphatic rings. The summed E-state index contributed by atoms with van der Waals surface area (Å²) < 4.78 is 1.06. The lowest BCUT2D eigenvalue weighted by atomic mass is 10.0. The second-order valence-electron chi connectivity index (χ2n) is 5.05. The summed E-state index contributed by atoms with van der Waals surface area (Å²) >= 11 is 3.52. The quantitative estimate of drug-likeness (QED) is 0.920. The summed E-state index contributed by atoms with van der Waals surface area (Å²) in [4.78, 5) is 9.29. The van der Waals surface area contributed by atoms with Gasteiger partial charge in [0.25, 0.3) is 0 Å². The summed E-state index contributed by atoms with van der Waals surface area (Å²) in [5.74, 6) is 1.07. The van der Waals surface area contributed by atoms with E-state index in [9.17, 15) is 0 Å². The smallest absolute Gasteiger partial charge is 0.133 e. The molecule has 1 unspecified atom stereocenters. The van der Waals surface area contributed by atoms with E-state index in [1.165, 1.54) is 5.56 Å². The molecule has 1 atom stereocenters. The predicted octanol–water partition coefficient (Wildman–Crippen LogP) is 3.98. The molecule has 20 heavy (non-hydrogen) atoms. The minimum Gasteiger partial charge on any atom is -0.330 e. The van der Waals surface area contributed by atoms with Crippen LogP contribution in [0.2, 0.25) is 0 Å². The van der Waals surface area contributed by atoms with Crippen LogP contribution in [0.25, 0.3) is 11.3 Å². The summed E-state index contributed by atoms with van der Waals surface area (Å²) in [6.07, 6.45) is 0.955. The molecular weight excluding hydrogens is 314 g/mol. The van der Waals surface area contributed by atoms with Gasteiger partial charge in [0.05, 0.1) is 5.69 Å². The minimum absolute atomic E-state index is 0.223. The monoisotopic (exact) mass is 333 g/mol. The molecule has 2 rings (SSSR count). The van der Waals surface area contributed by atoms with Crippen LogP contribution in [0.15, 0.2) is 28.7 Å². The summed E-state index contributed by atoms with van der Waals surface area (Å²) in [6, 6.07) is 8.27. The van der Waals surface area contributed by atoms with Crippen molar-refractivity contribution in [2.45, 2.75) is 33.1 Å². The SMILES string of the molecule is CCC(CN)c1nc(C)cc(-c2cc(Br)ccc2C)n1. The third kappa shape index (κ3) is 3.25. The molecule has 4 heteroatoms. The summed E-state index contributed by atoms with van der Waals surface area (Å²) in [5, 5.41) is 0. The summed E-state index contributed by atoms with van der Waals surface area (Å²) in [6.45, 7) is 6.80. The van der Waals surface area contributed by atoms with Crippen molar-refractivity contribution in [1.82, 2.24) is 9.97 Å². The van der Waals surface area contributed by atoms with Crippen LogP contribution in [-0.4, -0.2) is 16.5 Å². The highest BCUT2D eigenvalue weighted by Gasteiger charge is 2.14. The second kappa shape index (κ2) is 6.46. The van der Waals surface area contributed by atoms with Crippen LogP contribution in [0.3, 0.4) is 0 Å². The zero-order chi connectivity index (χ0) is 14.7. The highest BCUT2D eigenvalue weighted by Crippen LogP contribution is 2.27. The molecule has 0 amide bonds. The van der Waals surface area contributed by atoms with E-state index in [1.54, 1.807) is 0 Å². The molecule has 0 spiro atoms. The minimum atomic E-state index is 0.223. The number of nitrogens with two attached hydrogens (primary N) is 1. The van der Waals surface area contributed by atoms with Crippen molar-refractivity contribution in [3.05, 3.63) is 45.8 Å². The predicted molar refractivity (Wildman–Crippen MR) is 86.7 cm³/mol. The maximum absolute atomic E-state index is 5.82. The number of hydrogen-bond donors (Lipinski definition) is 1. The standard InChI is InChI=1S/C16H20BrN3/c1-4-12(9-18)16-19-11(3)7-15(20-16)14-8-13(17)6-5-10(14)2/h5-8,12H,4,9,18H2,1-3H3. The van der Waals surface area contributed by atoms with Gasteiger partial charge in [-0.3, -0.25) is 0 Å². The average molecular weight is 334 g/mol. The van der Waals surface area contributed by atoms with Gasteiger partial charge in [0, 0.05) is 28.2 Å². The zero-order valence-corrected chi connectivity index (χ0v) is 13.7. The van der Waals surface area contributed by atoms with E-state index in [1.807, 2.05) is 19.1 Å². The number of aromatic nitrogens is 2. The van der Waals surface area contributed by atoms with E-state index >= 15 is 0 Å². The fourth-order valence-corrected chi connectivity index (χ4v) is 2.60. The molecule has 1 aromatic heterocycles. The van der Waals surface area contributed by atoms with Gasteiger partial charge in [-0.05, 0) is 44.0 Å². The van der Waals surface area contributed by atoms with Crippen LogP contribution in [0.5, 0.6) is 0 Å². The first-order chi connectivity index (χ1) is 9.55. The van der Waals surface area contributed by atoms with E-state index < -0.39 is 0 Å². The Hall–Kier alpha value is -1.26. The first-order valence-electron chi connectivity index (χ1n) is 6.87. The summed E-state index contributed by atoms with van der Waals surface area (Å²) in [7, 11) is 0. The Labute approximate surface area is 128 Å². The van der Waals surface area contributed by atoms with Crippen LogP contribution < -0.4 is 5.73 Å². The number of aryl methyl sites for hydroxylation is 2. The van der Waals surface area contributed by atoms with Crippen molar-refractivity contribution in [2.24, 2.45) is 5.73 Å². The van der Waals surface area contributed by atoms with Crippen LogP contribution in [0, 0.1) is 13.8 Å². The number of benzene rings is 1. The molecule has 2 aromatic rings. The molecule has 2 N–H and O–H groups in total. The maximum atomic E-state index is 5.82. The average Bonchev–Trinajstić information content (AvgIpc) is 2.42. The lowest BCUT2D eigenvalue weighted by Crippen LogP contribution is -2.15. The van der Waals surface area contributed by atoms with Gasteiger partial charge in [-0.15, -0.1) is 0 Å². The van der Waals surface area contributed by atoms with Gasteiger partial charge in [-0.2, -0.15) is 0 Å². The Balaban J connectivity index is 2.54. The van der Waals surface area contributed by atoms with Gasteiger partial charge in [-0.25, -0.2) is 9.97 Å². The Bertz CT molecular complexity index is 607. The van der Waals surface area contributed by atoms with Crippen LogP contribution in [0.4, 0.5) is 0 Å². The maximum Gasteiger partial charge on any atom is 0.133 e. The van der Waals surface area contributed by atoms with Crippen molar-refractivity contribution >= 4 is 15.9 Å². The van der Waals surface area contributed by atoms with Crippen molar-refractivity contribution in [3.63, 3.8) is 0 Å². The number of rotatable bonds is 4. The molecule has 0 saturated heterocycles. The summed E-state index contributed by atoms with van der Waals surface area (Å²) in [5.41, 5.74) is 10.1. The third-order valence-electron chi connectivity index (χ3n) is 3.49. The van der Waals surface area contributed by atoms with Crippen LogP contribution >= 0.6 is 15.9 Å². The highest BCUT2D eigenvalue weighted by molar-refractivity contribution is 9.10. The first-order valence-corrected chi connectivity index (χ1v) is 7.66. The molecule has 106 valence electrons. The topological polar surface area (TPSA) is 51.8 Å². The molecule has 1 heterocycles. The zero-order valence-electron chi connectivity index (χ0n) is 12.2. The van der Waals surface area contributed by atoms with Gasteiger partial charge in [-0.1, -0.05) is 28.9 Å². The van der Waals surface area contributed by atoms with E-state index in [4.69, 9.17) is 10.7 Å². The van der Waals surface area contributed by atoms with E-state index in [-0.39, 0.29) is 5.92 Å². The first kappa shape index (κ1) is 15.1. The largest absolute Gasteiger partial charge is 0.330 e. The Morgan fingerprint density at radius 1 is 1.20 bits per heavy atom. The van der Waals surface area contributed by atoms with Crippen molar-refractivity contribution in [3.8, 4) is 11.3 Å². The van der Waals surface area contributed by atoms with Gasteiger partial charge in [0.15, 0.2) is 0 Å². The lowest BCUT2D eigenvalue weighted by Gasteiger charge is -2.14. The third-order valence-corrected chi connectivity index (χ3v) is 3.98. The molecule has 0 saturated carbocycles. The van der Waals surface area contributed by atoms with Gasteiger partial charge in [0.2, 0.25) is 0 Å². The van der Waals surface area contributed by atoms with Gasteiger partial charge in [0.1, 0.15) is 5.82 Å². The highest BCUT2D eigenvalue weighted by atomic mass is 79.9. The van der Waals surface area contributed by atoms with Crippen molar-refractivity contribution in [1.29, 1.82) is 0 Å². The number of hydrogen-bond acceptors (Lipinski definition) is 3. The Morgan fingerprint density at radius 3 is 2.60 bits per heavy atom. The Morgan fingerprint density at radius 2 is 1.95 bits per heavy atom. The van der Waals surface area contributed by atoms with Crippen molar-refractivity contribution < 1.29 is 0 Å². The molecule has 0 aliphatic heterocycles. The molecule has 1 aromatic carbocycles. The van der Waals surface area contributed by atoms with E-state index in [2.05, 4.69) is 46.9 Å². The van der Waals surface area contributed by atoms with E-state index in [0.29, 0.717) is 6.54 Å². The molecular formula is C16H20BrN3. The lowest BCUT2D eigenvalue weighted by molar-refractivity contribution is 0.628. The molecule has 3 nitrogen and oxygen atoms in total. The molecule has 0 aliphatic carbocycles. The fourth-order valence-electron chi connectivity index (χ4n) is 2.24. The normalized spacial score (nSPS) is 12.4. The second-order valence-corrected chi connectivity index (χ2v) is 5.97. The van der Waals surface area contributed by atoms with Gasteiger partial charge >= 0.3 is 0 Å². The van der Waals surface area contributed by atoms with Crippen molar-refractivity contribution in [2.75, 3.05) is 6.54 Å². The van der Waals surface area contributed by atoms with Crippen LogP contribution in [0.1, 0.15) is 36.3 Å². The number of nitrogens with zero attached hydrogens (tertiary/aromatic N) is 2. The molecule has 0 radical (unpaired) electrons. The van der Waals surface area contributed by atoms with Gasteiger partial charge < -0.3 is 5.73 Å². The fraction of sp³-hybridized carbons (Fsp3) is 0.375. The van der Waals surface area contributed by atoms with E-state index in [0.717, 1.165) is 33.7 Å².